The van der Waals surface area contributed by atoms with E-state index >= 15 is 0 Å². The van der Waals surface area contributed by atoms with Crippen molar-refractivity contribution in [3.05, 3.63) is 27.7 Å². The first-order chi connectivity index (χ1) is 9.58. The maximum absolute atomic E-state index is 11.6. The van der Waals surface area contributed by atoms with Crippen LogP contribution in [0.2, 0.25) is 0 Å². The van der Waals surface area contributed by atoms with Crippen LogP contribution in [0, 0.1) is 6.92 Å². The molecular formula is C14H21BrN2O3. The van der Waals surface area contributed by atoms with Gasteiger partial charge < -0.3 is 20.1 Å². The summed E-state index contributed by atoms with van der Waals surface area (Å²) < 4.78 is 11.5. The molecule has 0 bridgehead atoms. The first kappa shape index (κ1) is 16.9. The highest BCUT2D eigenvalue weighted by molar-refractivity contribution is 9.10. The number of carbonyl (C=O) groups is 1. The van der Waals surface area contributed by atoms with Gasteiger partial charge in [0.1, 0.15) is 5.75 Å². The number of aryl methyl sites for hydroxylation is 1. The molecule has 1 amide bonds. The molecule has 0 aliphatic heterocycles. The van der Waals surface area contributed by atoms with E-state index in [0.29, 0.717) is 19.7 Å². The van der Waals surface area contributed by atoms with Crippen LogP contribution >= 0.6 is 15.9 Å². The smallest absolute Gasteiger partial charge is 0.258 e. The summed E-state index contributed by atoms with van der Waals surface area (Å²) in [7, 11) is 3.47. The lowest BCUT2D eigenvalue weighted by Gasteiger charge is -2.14. The molecule has 1 rings (SSSR count). The van der Waals surface area contributed by atoms with E-state index in [2.05, 4.69) is 26.6 Å². The van der Waals surface area contributed by atoms with Crippen LogP contribution in [0.1, 0.15) is 11.1 Å². The van der Waals surface area contributed by atoms with Gasteiger partial charge in [-0.2, -0.15) is 0 Å². The minimum Gasteiger partial charge on any atom is -0.483 e. The van der Waals surface area contributed by atoms with Gasteiger partial charge in [-0.25, -0.2) is 0 Å². The van der Waals surface area contributed by atoms with Crippen molar-refractivity contribution in [2.24, 2.45) is 0 Å². The van der Waals surface area contributed by atoms with Crippen molar-refractivity contribution in [1.82, 2.24) is 10.6 Å². The van der Waals surface area contributed by atoms with E-state index in [1.165, 1.54) is 0 Å². The highest BCUT2D eigenvalue weighted by Gasteiger charge is 2.10. The van der Waals surface area contributed by atoms with E-state index in [9.17, 15) is 4.79 Å². The Bertz CT molecular complexity index is 452. The normalized spacial score (nSPS) is 10.4. The number of carbonyl (C=O) groups excluding carboxylic acids is 1. The molecule has 0 heterocycles. The highest BCUT2D eigenvalue weighted by Crippen LogP contribution is 2.28. The van der Waals surface area contributed by atoms with Crippen LogP contribution in [-0.4, -0.2) is 39.8 Å². The molecule has 0 aliphatic rings. The molecule has 5 nitrogen and oxygen atoms in total. The Labute approximate surface area is 128 Å². The Kier molecular flexibility index (Phi) is 7.58. The molecule has 0 saturated heterocycles. The molecule has 0 spiro atoms. The van der Waals surface area contributed by atoms with Gasteiger partial charge in [0.2, 0.25) is 0 Å². The third-order valence-electron chi connectivity index (χ3n) is 2.66. The van der Waals surface area contributed by atoms with E-state index in [1.54, 1.807) is 7.11 Å². The van der Waals surface area contributed by atoms with Gasteiger partial charge in [0, 0.05) is 30.2 Å². The molecule has 6 heteroatoms. The van der Waals surface area contributed by atoms with Gasteiger partial charge in [0.15, 0.2) is 6.61 Å². The third kappa shape index (κ3) is 5.48. The molecule has 0 aliphatic carbocycles. The van der Waals surface area contributed by atoms with Crippen molar-refractivity contribution in [2.45, 2.75) is 13.5 Å². The minimum absolute atomic E-state index is 0.00288. The molecule has 0 fully saturated rings. The van der Waals surface area contributed by atoms with E-state index in [0.717, 1.165) is 21.3 Å². The highest BCUT2D eigenvalue weighted by atomic mass is 79.9. The van der Waals surface area contributed by atoms with Gasteiger partial charge in [0.05, 0.1) is 6.61 Å². The molecule has 1 aromatic carbocycles. The topological polar surface area (TPSA) is 59.6 Å². The Balaban J connectivity index is 2.64. The molecule has 0 unspecified atom stereocenters. The summed E-state index contributed by atoms with van der Waals surface area (Å²) in [4.78, 5) is 11.6. The number of rotatable bonds is 8. The van der Waals surface area contributed by atoms with Crippen LogP contribution in [0.3, 0.4) is 0 Å². The Morgan fingerprint density at radius 3 is 2.80 bits per heavy atom. The number of amides is 1. The number of halogens is 1. The van der Waals surface area contributed by atoms with E-state index < -0.39 is 0 Å². The predicted molar refractivity (Wildman–Crippen MR) is 82.0 cm³/mol. The average Bonchev–Trinajstić information content (AvgIpc) is 2.38. The maximum Gasteiger partial charge on any atom is 0.258 e. The predicted octanol–water partition coefficient (Wildman–Crippen LogP) is 1.62. The van der Waals surface area contributed by atoms with Crippen molar-refractivity contribution in [1.29, 1.82) is 0 Å². The van der Waals surface area contributed by atoms with Gasteiger partial charge in [-0.15, -0.1) is 0 Å². The van der Waals surface area contributed by atoms with Gasteiger partial charge in [-0.05, 0) is 31.7 Å². The van der Waals surface area contributed by atoms with Crippen molar-refractivity contribution >= 4 is 21.8 Å². The quantitative estimate of drug-likeness (QED) is 0.703. The van der Waals surface area contributed by atoms with Crippen LogP contribution < -0.4 is 15.4 Å². The van der Waals surface area contributed by atoms with E-state index in [4.69, 9.17) is 9.47 Å². The summed E-state index contributed by atoms with van der Waals surface area (Å²) in [6.45, 7) is 3.63. The summed E-state index contributed by atoms with van der Waals surface area (Å²) in [6.07, 6.45) is 0. The zero-order valence-corrected chi connectivity index (χ0v) is 13.7. The zero-order valence-electron chi connectivity index (χ0n) is 12.1. The summed E-state index contributed by atoms with van der Waals surface area (Å²) in [5.74, 6) is 0.601. The summed E-state index contributed by atoms with van der Waals surface area (Å²) in [5, 5.41) is 5.81. The second-order valence-corrected chi connectivity index (χ2v) is 5.29. The lowest BCUT2D eigenvalue weighted by atomic mass is 10.1. The summed E-state index contributed by atoms with van der Waals surface area (Å²) in [6, 6.07) is 3.96. The van der Waals surface area contributed by atoms with E-state index in [-0.39, 0.29) is 12.5 Å². The van der Waals surface area contributed by atoms with Crippen molar-refractivity contribution in [2.75, 3.05) is 33.9 Å². The molecular weight excluding hydrogens is 324 g/mol. The Morgan fingerprint density at radius 1 is 1.40 bits per heavy atom. The SMILES string of the molecule is CNCc1cc(Br)cc(C)c1OCC(=O)NCCOC. The third-order valence-corrected chi connectivity index (χ3v) is 3.12. The van der Waals surface area contributed by atoms with Crippen LogP contribution in [0.5, 0.6) is 5.75 Å². The lowest BCUT2D eigenvalue weighted by Crippen LogP contribution is -2.31. The molecule has 112 valence electrons. The average molecular weight is 345 g/mol. The van der Waals surface area contributed by atoms with E-state index in [1.807, 2.05) is 26.1 Å². The molecule has 0 aromatic heterocycles. The van der Waals surface area contributed by atoms with Crippen LogP contribution in [0.15, 0.2) is 16.6 Å². The Hall–Kier alpha value is -1.11. The van der Waals surface area contributed by atoms with Crippen LogP contribution in [0.25, 0.3) is 0 Å². The maximum atomic E-state index is 11.6. The molecule has 2 N–H and O–H groups in total. The number of benzene rings is 1. The van der Waals surface area contributed by atoms with Crippen LogP contribution in [0.4, 0.5) is 0 Å². The monoisotopic (exact) mass is 344 g/mol. The molecule has 0 radical (unpaired) electrons. The largest absolute Gasteiger partial charge is 0.483 e. The van der Waals surface area contributed by atoms with Crippen molar-refractivity contribution in [3.63, 3.8) is 0 Å². The molecule has 1 aromatic rings. The first-order valence-electron chi connectivity index (χ1n) is 6.40. The number of hydrogen-bond donors (Lipinski definition) is 2. The van der Waals surface area contributed by atoms with Gasteiger partial charge in [-0.3, -0.25) is 4.79 Å². The zero-order chi connectivity index (χ0) is 15.0. The Morgan fingerprint density at radius 2 is 2.15 bits per heavy atom. The van der Waals surface area contributed by atoms with Crippen molar-refractivity contribution < 1.29 is 14.3 Å². The van der Waals surface area contributed by atoms with Gasteiger partial charge in [-0.1, -0.05) is 15.9 Å². The standard InChI is InChI=1S/C14H21BrN2O3/c1-10-6-12(15)7-11(8-16-2)14(10)20-9-13(18)17-4-5-19-3/h6-7,16H,4-5,8-9H2,1-3H3,(H,17,18). The summed E-state index contributed by atoms with van der Waals surface area (Å²) >= 11 is 3.46. The van der Waals surface area contributed by atoms with Gasteiger partial charge >= 0.3 is 0 Å². The first-order valence-corrected chi connectivity index (χ1v) is 7.19. The fourth-order valence-electron chi connectivity index (χ4n) is 1.81. The second kappa shape index (κ2) is 8.94. The van der Waals surface area contributed by atoms with Crippen LogP contribution in [-0.2, 0) is 16.1 Å². The number of ether oxygens (including phenoxy) is 2. The molecule has 0 saturated carbocycles. The molecule has 20 heavy (non-hydrogen) atoms. The molecule has 0 atom stereocenters. The summed E-state index contributed by atoms with van der Waals surface area (Å²) in [5.41, 5.74) is 2.01. The van der Waals surface area contributed by atoms with Gasteiger partial charge in [0.25, 0.3) is 5.91 Å². The number of nitrogens with one attached hydrogen (secondary N) is 2. The number of methoxy groups -OCH3 is 1. The number of hydrogen-bond acceptors (Lipinski definition) is 4. The fourth-order valence-corrected chi connectivity index (χ4v) is 2.43. The van der Waals surface area contributed by atoms with Crippen molar-refractivity contribution in [3.8, 4) is 5.75 Å². The second-order valence-electron chi connectivity index (χ2n) is 4.37. The fraction of sp³-hybridized carbons (Fsp3) is 0.500. The minimum atomic E-state index is -0.153. The lowest BCUT2D eigenvalue weighted by molar-refractivity contribution is -0.123.